The summed E-state index contributed by atoms with van der Waals surface area (Å²) in [6, 6.07) is 17.5. The molecule has 9 heteroatoms. The Morgan fingerprint density at radius 3 is 1.81 bits per heavy atom. The van der Waals surface area contributed by atoms with E-state index >= 15 is 0 Å². The van der Waals surface area contributed by atoms with Gasteiger partial charge in [0.15, 0.2) is 0 Å². The molecule has 1 atom stereocenters. The molecule has 0 aliphatic carbocycles. The second kappa shape index (κ2) is 26.9. The number of likely N-dealkylation sites (tertiary alicyclic amines) is 2. The number of carbonyl (C=O) groups excluding carboxylic acids is 2. The van der Waals surface area contributed by atoms with Gasteiger partial charge in [-0.2, -0.15) is 0 Å². The van der Waals surface area contributed by atoms with E-state index in [9.17, 15) is 9.59 Å². The molecule has 9 nitrogen and oxygen atoms in total. The molecular weight excluding hydrogens is 781 g/mol. The first-order valence-electron chi connectivity index (χ1n) is 23.9. The molecule has 0 spiro atoms. The second-order valence-corrected chi connectivity index (χ2v) is 22.9. The summed E-state index contributed by atoms with van der Waals surface area (Å²) < 4.78 is 5.20. The number of imide groups is 1. The molecule has 0 bridgehead atoms. The summed E-state index contributed by atoms with van der Waals surface area (Å²) in [7, 11) is 5.97. The highest BCUT2D eigenvalue weighted by Crippen LogP contribution is 2.31. The van der Waals surface area contributed by atoms with Crippen LogP contribution in [0.5, 0.6) is 5.75 Å². The number of ether oxygens (including phenoxy) is 1. The fourth-order valence-corrected chi connectivity index (χ4v) is 8.26. The van der Waals surface area contributed by atoms with Crippen LogP contribution in [0.4, 0.5) is 4.79 Å². The van der Waals surface area contributed by atoms with E-state index in [4.69, 9.17) is 4.74 Å². The quantitative estimate of drug-likeness (QED) is 0.206. The van der Waals surface area contributed by atoms with Gasteiger partial charge in [0.25, 0.3) is 5.91 Å². The third kappa shape index (κ3) is 23.7. The lowest BCUT2D eigenvalue weighted by Gasteiger charge is -2.38. The lowest BCUT2D eigenvalue weighted by atomic mass is 9.80. The molecule has 5 rings (SSSR count). The van der Waals surface area contributed by atoms with E-state index in [1.807, 2.05) is 51.1 Å². The molecule has 3 aliphatic heterocycles. The van der Waals surface area contributed by atoms with Crippen molar-refractivity contribution in [1.82, 2.24) is 30.2 Å². The summed E-state index contributed by atoms with van der Waals surface area (Å²) in [5, 5.41) is 6.09. The van der Waals surface area contributed by atoms with Crippen molar-refractivity contribution in [3.8, 4) is 5.75 Å². The number of urea groups is 1. The first-order valence-corrected chi connectivity index (χ1v) is 23.9. The van der Waals surface area contributed by atoms with E-state index in [1.54, 1.807) is 14.0 Å². The van der Waals surface area contributed by atoms with Crippen LogP contribution in [0.2, 0.25) is 0 Å². The zero-order chi connectivity index (χ0) is 46.8. The predicted octanol–water partition coefficient (Wildman–Crippen LogP) is 11.5. The fraction of sp³-hybridized carbons (Fsp3) is 0.741. The number of nitrogens with zero attached hydrogens (tertiary/aromatic N) is 4. The first-order chi connectivity index (χ1) is 28.7. The molecule has 1 unspecified atom stereocenters. The van der Waals surface area contributed by atoms with Gasteiger partial charge < -0.3 is 25.2 Å². The van der Waals surface area contributed by atoms with Crippen molar-refractivity contribution >= 4 is 11.9 Å². The smallest absolute Gasteiger partial charge is 0.325 e. The largest absolute Gasteiger partial charge is 0.497 e. The summed E-state index contributed by atoms with van der Waals surface area (Å²) in [5.41, 5.74) is 2.59. The van der Waals surface area contributed by atoms with Gasteiger partial charge in [0.05, 0.1) is 7.11 Å². The van der Waals surface area contributed by atoms with Gasteiger partial charge in [0.1, 0.15) is 11.3 Å². The fourth-order valence-electron chi connectivity index (χ4n) is 8.26. The molecule has 3 saturated heterocycles. The molecule has 2 aromatic rings. The van der Waals surface area contributed by atoms with Crippen LogP contribution in [-0.2, 0) is 16.8 Å². The van der Waals surface area contributed by atoms with Crippen LogP contribution in [0.15, 0.2) is 54.6 Å². The normalized spacial score (nSPS) is 19.2. The molecule has 3 heterocycles. The Hall–Kier alpha value is -2.98. The first kappa shape index (κ1) is 58.0. The molecule has 0 radical (unpaired) electrons. The van der Waals surface area contributed by atoms with E-state index in [0.717, 1.165) is 23.7 Å². The van der Waals surface area contributed by atoms with Crippen molar-refractivity contribution in [1.29, 1.82) is 0 Å². The van der Waals surface area contributed by atoms with Crippen molar-refractivity contribution in [2.24, 2.45) is 16.7 Å². The highest BCUT2D eigenvalue weighted by Gasteiger charge is 2.48. The maximum atomic E-state index is 12.6. The number of benzene rings is 2. The molecule has 3 fully saturated rings. The molecule has 362 valence electrons. The van der Waals surface area contributed by atoms with Crippen molar-refractivity contribution in [2.75, 3.05) is 73.6 Å². The number of amides is 3. The van der Waals surface area contributed by atoms with Gasteiger partial charge in [-0.25, -0.2) is 4.79 Å². The molecule has 0 aromatic heterocycles. The van der Waals surface area contributed by atoms with Gasteiger partial charge in [-0.3, -0.25) is 14.6 Å². The predicted molar refractivity (Wildman–Crippen MR) is 271 cm³/mol. The average Bonchev–Trinajstić information content (AvgIpc) is 3.41. The van der Waals surface area contributed by atoms with Gasteiger partial charge in [0.2, 0.25) is 0 Å². The van der Waals surface area contributed by atoms with Crippen LogP contribution >= 0.6 is 0 Å². The van der Waals surface area contributed by atoms with Crippen molar-refractivity contribution in [3.63, 3.8) is 0 Å². The summed E-state index contributed by atoms with van der Waals surface area (Å²) in [4.78, 5) is 33.4. The molecule has 2 N–H and O–H groups in total. The van der Waals surface area contributed by atoms with E-state index in [2.05, 4.69) is 126 Å². The van der Waals surface area contributed by atoms with Crippen LogP contribution in [0, 0.1) is 16.7 Å². The van der Waals surface area contributed by atoms with Gasteiger partial charge in [0, 0.05) is 30.7 Å². The lowest BCUT2D eigenvalue weighted by Crippen LogP contribution is -2.44. The van der Waals surface area contributed by atoms with Crippen molar-refractivity contribution in [3.05, 3.63) is 65.7 Å². The number of piperidine rings is 2. The minimum Gasteiger partial charge on any atom is -0.497 e. The van der Waals surface area contributed by atoms with Crippen molar-refractivity contribution < 1.29 is 14.3 Å². The number of nitrogens with one attached hydrogen (secondary N) is 2. The standard InChI is InChI=1S/C19H31NO.C16H23N3O2.C9H19N.C9H21N.CH4/c1-19(2,3)15-17-10-13-20(14-11-17)12-9-16-5-7-18(21-4)8-6-16;1-15(2,3)17-10-11-19-13(20)16(4,18-14(19)21)12-8-6-5-7-9-12;1-9(2,3)10-7-5-4-6-8-10;1-9(2,3)7-6-8-10(4)5;/h5-8,17H,9-15H2,1-4H3;5-9,17H,10-11H2,1-4H3,(H,18,21);4-8H2,1-3H3;6-8H2,1-5H3;1H4. The number of rotatable bonds is 12. The maximum absolute atomic E-state index is 12.6. The Morgan fingerprint density at radius 2 is 1.35 bits per heavy atom. The summed E-state index contributed by atoms with van der Waals surface area (Å²) in [5.74, 6) is 1.68. The van der Waals surface area contributed by atoms with Crippen LogP contribution in [-0.4, -0.2) is 116 Å². The number of methoxy groups -OCH3 is 1. The third-order valence-electron chi connectivity index (χ3n) is 11.9. The molecule has 3 aliphatic rings. The third-order valence-corrected chi connectivity index (χ3v) is 11.9. The van der Waals surface area contributed by atoms with Crippen LogP contribution < -0.4 is 15.4 Å². The Bertz CT molecular complexity index is 1540. The average molecular weight is 879 g/mol. The molecule has 3 amide bonds. The number of hydrogen-bond donors (Lipinski definition) is 2. The highest BCUT2D eigenvalue weighted by atomic mass is 16.5. The molecule has 0 saturated carbocycles. The van der Waals surface area contributed by atoms with Crippen LogP contribution in [0.25, 0.3) is 0 Å². The van der Waals surface area contributed by atoms with E-state index < -0.39 is 5.54 Å². The molecular formula is C54H98N6O3. The van der Waals surface area contributed by atoms with Crippen LogP contribution in [0.1, 0.15) is 160 Å². The summed E-state index contributed by atoms with van der Waals surface area (Å²) in [6.07, 6.45) is 12.1. The van der Waals surface area contributed by atoms with E-state index in [1.165, 1.54) is 101 Å². The summed E-state index contributed by atoms with van der Waals surface area (Å²) >= 11 is 0. The molecule has 2 aromatic carbocycles. The van der Waals surface area contributed by atoms with E-state index in [-0.39, 0.29) is 24.9 Å². The molecule has 63 heavy (non-hydrogen) atoms. The van der Waals surface area contributed by atoms with Crippen LogP contribution in [0.3, 0.4) is 0 Å². The zero-order valence-electron chi connectivity index (χ0n) is 42.8. The van der Waals surface area contributed by atoms with Gasteiger partial charge >= 0.3 is 6.03 Å². The minimum atomic E-state index is -0.972. The SMILES string of the molecule is C.CC(C)(C)N1CCCCC1.CC(C)(C)NCCN1C(=O)NC(C)(c2ccccc2)C1=O.CN(C)CCCC(C)(C)C.COc1ccc(CCN2CCC(CC(C)(C)C)CC2)cc1. The monoisotopic (exact) mass is 879 g/mol. The Labute approximate surface area is 388 Å². The number of carbonyl (C=O) groups is 2. The van der Waals surface area contributed by atoms with Gasteiger partial charge in [-0.15, -0.1) is 0 Å². The van der Waals surface area contributed by atoms with E-state index in [0.29, 0.717) is 29.5 Å². The number of hydrogen-bond acceptors (Lipinski definition) is 7. The van der Waals surface area contributed by atoms with Crippen molar-refractivity contribution in [2.45, 2.75) is 172 Å². The summed E-state index contributed by atoms with van der Waals surface area (Å²) in [6.45, 7) is 37.3. The lowest BCUT2D eigenvalue weighted by molar-refractivity contribution is -0.131. The van der Waals surface area contributed by atoms with Gasteiger partial charge in [-0.05, 0) is 187 Å². The Kier molecular flexibility index (Phi) is 24.7. The highest BCUT2D eigenvalue weighted by molar-refractivity contribution is 6.07. The second-order valence-electron chi connectivity index (χ2n) is 22.9. The zero-order valence-corrected chi connectivity index (χ0v) is 42.8. The minimum absolute atomic E-state index is 0. The topological polar surface area (TPSA) is 80.4 Å². The Balaban J connectivity index is 0.000000443. The Morgan fingerprint density at radius 1 is 0.778 bits per heavy atom. The maximum Gasteiger partial charge on any atom is 0.325 e. The van der Waals surface area contributed by atoms with Gasteiger partial charge in [-0.1, -0.05) is 97.9 Å².